The minimum absolute atomic E-state index is 0.104. The largest absolute Gasteiger partial charge is 0.478 e. The number of benzene rings is 2. The van der Waals surface area contributed by atoms with Gasteiger partial charge >= 0.3 is 5.97 Å². The molecule has 1 N–H and O–H groups in total. The molecule has 3 aromatic heterocycles. The third-order valence-electron chi connectivity index (χ3n) is 5.28. The molecule has 8 nitrogen and oxygen atoms in total. The number of hydrogen-bond acceptors (Lipinski definition) is 6. The summed E-state index contributed by atoms with van der Waals surface area (Å²) >= 11 is 0. The van der Waals surface area contributed by atoms with Gasteiger partial charge in [0.2, 0.25) is 0 Å². The zero-order valence-electron chi connectivity index (χ0n) is 18.3. The van der Waals surface area contributed by atoms with Gasteiger partial charge in [-0.05, 0) is 55.0 Å². The fourth-order valence-corrected chi connectivity index (χ4v) is 3.61. The Kier molecular flexibility index (Phi) is 5.61. The van der Waals surface area contributed by atoms with Crippen molar-refractivity contribution in [3.63, 3.8) is 0 Å². The van der Waals surface area contributed by atoms with Crippen molar-refractivity contribution < 1.29 is 19.1 Å². The quantitative estimate of drug-likeness (QED) is 0.321. The van der Waals surface area contributed by atoms with Gasteiger partial charge in [0, 0.05) is 5.69 Å². The summed E-state index contributed by atoms with van der Waals surface area (Å²) in [5.74, 6) is 1.22. The maximum absolute atomic E-state index is 12.0. The van der Waals surface area contributed by atoms with Gasteiger partial charge in [-0.2, -0.15) is 5.10 Å². The van der Waals surface area contributed by atoms with E-state index in [-0.39, 0.29) is 11.4 Å². The summed E-state index contributed by atoms with van der Waals surface area (Å²) in [5.41, 5.74) is 2.13. The molecule has 0 aliphatic heterocycles. The van der Waals surface area contributed by atoms with E-state index in [2.05, 4.69) is 15.1 Å². The molecular weight excluding hydrogens is 432 g/mol. The molecule has 0 atom stereocenters. The van der Waals surface area contributed by atoms with Gasteiger partial charge in [0.25, 0.3) is 0 Å². The molecule has 0 unspecified atom stereocenters. The van der Waals surface area contributed by atoms with E-state index in [9.17, 15) is 9.90 Å². The van der Waals surface area contributed by atoms with Crippen LogP contribution >= 0.6 is 0 Å². The number of aryl methyl sites for hydroxylation is 1. The van der Waals surface area contributed by atoms with Crippen molar-refractivity contribution >= 4 is 29.0 Å². The Balaban J connectivity index is 1.42. The van der Waals surface area contributed by atoms with Crippen LogP contribution in [0.25, 0.3) is 11.0 Å². The number of carbonyl (C=O) groups is 1. The van der Waals surface area contributed by atoms with Crippen LogP contribution in [-0.4, -0.2) is 32.1 Å². The van der Waals surface area contributed by atoms with Crippen molar-refractivity contribution in [3.8, 4) is 11.5 Å². The Bertz CT molecular complexity index is 1470. The molecule has 34 heavy (non-hydrogen) atoms. The number of rotatable bonds is 7. The van der Waals surface area contributed by atoms with E-state index in [4.69, 9.17) is 9.15 Å². The second-order valence-electron chi connectivity index (χ2n) is 7.61. The number of aliphatic imine (C=N–C) groups is 1. The van der Waals surface area contributed by atoms with Gasteiger partial charge in [-0.3, -0.25) is 4.68 Å². The Morgan fingerprint density at radius 3 is 2.56 bits per heavy atom. The van der Waals surface area contributed by atoms with Crippen LogP contribution in [-0.2, 0) is 6.54 Å². The predicted molar refractivity (Wildman–Crippen MR) is 127 cm³/mol. The third kappa shape index (κ3) is 4.42. The van der Waals surface area contributed by atoms with E-state index < -0.39 is 5.97 Å². The number of aromatic nitrogens is 3. The molecular formula is C26H20N4O4. The van der Waals surface area contributed by atoms with Gasteiger partial charge in [-0.25, -0.2) is 14.8 Å². The lowest BCUT2D eigenvalue weighted by Crippen LogP contribution is -2.04. The summed E-state index contributed by atoms with van der Waals surface area (Å²) < 4.78 is 12.8. The lowest BCUT2D eigenvalue weighted by Gasteiger charge is -2.08. The zero-order valence-corrected chi connectivity index (χ0v) is 18.3. The Morgan fingerprint density at radius 2 is 1.85 bits per heavy atom. The van der Waals surface area contributed by atoms with E-state index in [1.54, 1.807) is 16.8 Å². The SMILES string of the molecule is Cc1c2c(C(=O)O)cc(N=Cc3ccco3)nc2nn1Cc1ccc(Oc2ccccc2)cc1. The lowest BCUT2D eigenvalue weighted by molar-refractivity contribution is 0.0699. The number of aromatic carboxylic acids is 1. The van der Waals surface area contributed by atoms with Crippen LogP contribution in [0.1, 0.15) is 27.4 Å². The summed E-state index contributed by atoms with van der Waals surface area (Å²) in [5, 5.41) is 14.8. The Hall–Kier alpha value is -4.72. The van der Waals surface area contributed by atoms with Crippen LogP contribution in [0.15, 0.2) is 88.5 Å². The molecule has 0 radical (unpaired) electrons. The molecule has 8 heteroatoms. The predicted octanol–water partition coefficient (Wildman–Crippen LogP) is 5.62. The molecule has 5 rings (SSSR count). The number of carboxylic acids is 1. The molecule has 0 fully saturated rings. The highest BCUT2D eigenvalue weighted by Gasteiger charge is 2.19. The average molecular weight is 452 g/mol. The minimum atomic E-state index is -1.06. The molecule has 3 heterocycles. The zero-order chi connectivity index (χ0) is 23.5. The van der Waals surface area contributed by atoms with Gasteiger partial charge in [-0.1, -0.05) is 30.3 Å². The van der Waals surface area contributed by atoms with Gasteiger partial charge in [0.1, 0.15) is 17.3 Å². The third-order valence-corrected chi connectivity index (χ3v) is 5.28. The first-order valence-electron chi connectivity index (χ1n) is 10.6. The molecule has 2 aromatic carbocycles. The standard InChI is InChI=1S/C26H20N4O4/c1-17-24-22(26(31)32)14-23(27-15-21-8-5-13-33-21)28-25(24)29-30(17)16-18-9-11-20(12-10-18)34-19-6-3-2-4-7-19/h2-15H,16H2,1H3,(H,31,32). The summed E-state index contributed by atoms with van der Waals surface area (Å²) in [7, 11) is 0. The van der Waals surface area contributed by atoms with Crippen LogP contribution in [0.5, 0.6) is 11.5 Å². The van der Waals surface area contributed by atoms with Crippen molar-refractivity contribution in [1.82, 2.24) is 14.8 Å². The number of furan rings is 1. The lowest BCUT2D eigenvalue weighted by atomic mass is 10.1. The number of pyridine rings is 1. The van der Waals surface area contributed by atoms with Crippen LogP contribution in [0.2, 0.25) is 0 Å². The molecule has 0 saturated carbocycles. The number of hydrogen-bond donors (Lipinski definition) is 1. The van der Waals surface area contributed by atoms with Gasteiger partial charge in [0.05, 0.1) is 30.0 Å². The average Bonchev–Trinajstić information content (AvgIpc) is 3.47. The first kappa shape index (κ1) is 21.1. The summed E-state index contributed by atoms with van der Waals surface area (Å²) in [6.45, 7) is 2.29. The molecule has 0 bridgehead atoms. The summed E-state index contributed by atoms with van der Waals surface area (Å²) in [6.07, 6.45) is 3.02. The second-order valence-corrected chi connectivity index (χ2v) is 7.61. The molecule has 0 spiro atoms. The summed E-state index contributed by atoms with van der Waals surface area (Å²) in [6, 6.07) is 22.2. The first-order chi connectivity index (χ1) is 16.6. The maximum Gasteiger partial charge on any atom is 0.336 e. The van der Waals surface area contributed by atoms with Crippen molar-refractivity contribution in [2.24, 2.45) is 4.99 Å². The van der Waals surface area contributed by atoms with Crippen molar-refractivity contribution in [2.45, 2.75) is 13.5 Å². The molecule has 168 valence electrons. The fourth-order valence-electron chi connectivity index (χ4n) is 3.61. The molecule has 0 saturated heterocycles. The highest BCUT2D eigenvalue weighted by atomic mass is 16.5. The van der Waals surface area contributed by atoms with E-state index >= 15 is 0 Å². The number of fused-ring (bicyclic) bond motifs is 1. The summed E-state index contributed by atoms with van der Waals surface area (Å²) in [4.78, 5) is 20.7. The van der Waals surface area contributed by atoms with Crippen LogP contribution in [0, 0.1) is 6.92 Å². The molecule has 0 aliphatic rings. The van der Waals surface area contributed by atoms with Crippen molar-refractivity contribution in [1.29, 1.82) is 0 Å². The monoisotopic (exact) mass is 452 g/mol. The van der Waals surface area contributed by atoms with E-state index in [0.29, 0.717) is 29.0 Å². The fraction of sp³-hybridized carbons (Fsp3) is 0.0769. The van der Waals surface area contributed by atoms with Gasteiger partial charge in [0.15, 0.2) is 11.5 Å². The number of ether oxygens (including phenoxy) is 1. The highest BCUT2D eigenvalue weighted by molar-refractivity contribution is 6.03. The first-order valence-corrected chi connectivity index (χ1v) is 10.6. The van der Waals surface area contributed by atoms with E-state index in [1.165, 1.54) is 18.5 Å². The topological polar surface area (TPSA) is 103 Å². The second kappa shape index (κ2) is 9.03. The molecule has 0 aliphatic carbocycles. The van der Waals surface area contributed by atoms with Gasteiger partial charge in [-0.15, -0.1) is 0 Å². The van der Waals surface area contributed by atoms with Crippen LogP contribution in [0.3, 0.4) is 0 Å². The maximum atomic E-state index is 12.0. The number of para-hydroxylation sites is 1. The van der Waals surface area contributed by atoms with Gasteiger partial charge < -0.3 is 14.3 Å². The minimum Gasteiger partial charge on any atom is -0.478 e. The van der Waals surface area contributed by atoms with Crippen molar-refractivity contribution in [3.05, 3.63) is 102 Å². The number of nitrogens with zero attached hydrogens (tertiary/aromatic N) is 4. The Labute approximate surface area is 194 Å². The molecule has 0 amide bonds. The smallest absolute Gasteiger partial charge is 0.336 e. The van der Waals surface area contributed by atoms with Crippen LogP contribution in [0.4, 0.5) is 5.82 Å². The van der Waals surface area contributed by atoms with Crippen LogP contribution < -0.4 is 4.74 Å². The normalized spacial score (nSPS) is 11.3. The Morgan fingerprint density at radius 1 is 1.09 bits per heavy atom. The van der Waals surface area contributed by atoms with E-state index in [0.717, 1.165) is 17.1 Å². The van der Waals surface area contributed by atoms with Crippen molar-refractivity contribution in [2.75, 3.05) is 0 Å². The van der Waals surface area contributed by atoms with E-state index in [1.807, 2.05) is 61.5 Å². The highest BCUT2D eigenvalue weighted by Crippen LogP contribution is 2.27. The molecule has 5 aromatic rings. The number of carboxylic acid groups (broad SMARTS) is 1.